The molecule has 0 aliphatic carbocycles. The molecule has 0 amide bonds. The van der Waals surface area contributed by atoms with Crippen molar-refractivity contribution in [3.05, 3.63) is 40.0 Å². The van der Waals surface area contributed by atoms with E-state index in [4.69, 9.17) is 5.73 Å². The fourth-order valence-electron chi connectivity index (χ4n) is 1.40. The summed E-state index contributed by atoms with van der Waals surface area (Å²) in [5, 5.41) is 0.706. The van der Waals surface area contributed by atoms with Gasteiger partial charge in [0.1, 0.15) is 5.01 Å². The average Bonchev–Trinajstić information content (AvgIpc) is 2.82. The minimum atomic E-state index is -3.61. The second-order valence-corrected chi connectivity index (χ2v) is 6.93. The lowest BCUT2D eigenvalue weighted by Gasteiger charge is -2.04. The number of nitrogens with zero attached hydrogens (tertiary/aromatic N) is 2. The number of nitrogens with two attached hydrogens (primary N) is 1. The first kappa shape index (κ1) is 14.1. The second-order valence-electron chi connectivity index (χ2n) is 3.90. The third kappa shape index (κ3) is 3.57. The zero-order valence-electron chi connectivity index (χ0n) is 10.3. The van der Waals surface area contributed by atoms with Crippen LogP contribution in [0.4, 0.5) is 0 Å². The van der Waals surface area contributed by atoms with E-state index in [2.05, 4.69) is 14.7 Å². The number of aryl methyl sites for hydroxylation is 1. The minimum Gasteiger partial charge on any atom is -0.326 e. The molecule has 2 heterocycles. The summed E-state index contributed by atoms with van der Waals surface area (Å²) in [6.07, 6.45) is 3.17. The third-order valence-corrected chi connectivity index (χ3v) is 4.62. The van der Waals surface area contributed by atoms with Crippen LogP contribution in [0, 0.1) is 6.92 Å². The van der Waals surface area contributed by atoms with Gasteiger partial charge in [-0.2, -0.15) is 0 Å². The maximum atomic E-state index is 12.0. The zero-order valence-corrected chi connectivity index (χ0v) is 12.0. The molecule has 3 N–H and O–H groups in total. The summed E-state index contributed by atoms with van der Waals surface area (Å²) in [5.74, 6) is 0. The van der Waals surface area contributed by atoms with Crippen molar-refractivity contribution in [3.8, 4) is 0 Å². The molecule has 0 aliphatic rings. The number of thiazole rings is 1. The summed E-state index contributed by atoms with van der Waals surface area (Å²) in [5.41, 5.74) is 6.22. The molecule has 6 nitrogen and oxygen atoms in total. The lowest BCUT2D eigenvalue weighted by atomic mass is 10.3. The van der Waals surface area contributed by atoms with Crippen LogP contribution in [-0.2, 0) is 23.1 Å². The molecule has 2 rings (SSSR count). The van der Waals surface area contributed by atoms with Crippen molar-refractivity contribution in [2.45, 2.75) is 25.0 Å². The highest BCUT2D eigenvalue weighted by Gasteiger charge is 2.15. The molecule has 0 aromatic carbocycles. The summed E-state index contributed by atoms with van der Waals surface area (Å²) in [7, 11) is -3.61. The standard InChI is InChI=1S/C11H14N4O2S2/c1-8-5-13-10(18-8)7-15-19(16,17)11-3-2-9(4-12)6-14-11/h2-3,5-6,15H,4,7,12H2,1H3. The van der Waals surface area contributed by atoms with Gasteiger partial charge in [0, 0.05) is 23.8 Å². The molecule has 0 saturated carbocycles. The topological polar surface area (TPSA) is 98.0 Å². The maximum Gasteiger partial charge on any atom is 0.258 e. The molecular weight excluding hydrogens is 284 g/mol. The lowest BCUT2D eigenvalue weighted by molar-refractivity contribution is 0.577. The van der Waals surface area contributed by atoms with E-state index in [1.165, 1.54) is 23.6 Å². The Balaban J connectivity index is 2.09. The molecule has 0 bridgehead atoms. The highest BCUT2D eigenvalue weighted by Crippen LogP contribution is 2.12. The average molecular weight is 298 g/mol. The number of pyridine rings is 1. The SMILES string of the molecule is Cc1cnc(CNS(=O)(=O)c2ccc(CN)cn2)s1. The largest absolute Gasteiger partial charge is 0.326 e. The van der Waals surface area contributed by atoms with E-state index in [9.17, 15) is 8.42 Å². The van der Waals surface area contributed by atoms with Crippen molar-refractivity contribution < 1.29 is 8.42 Å². The van der Waals surface area contributed by atoms with Gasteiger partial charge in [0.25, 0.3) is 10.0 Å². The van der Waals surface area contributed by atoms with E-state index < -0.39 is 10.0 Å². The molecule has 0 aliphatic heterocycles. The van der Waals surface area contributed by atoms with Gasteiger partial charge >= 0.3 is 0 Å². The first-order chi connectivity index (χ1) is 9.01. The highest BCUT2D eigenvalue weighted by molar-refractivity contribution is 7.89. The molecule has 0 unspecified atom stereocenters. The number of aromatic nitrogens is 2. The molecule has 0 saturated heterocycles. The Labute approximate surface area is 115 Å². The Kier molecular flexibility index (Phi) is 4.25. The van der Waals surface area contributed by atoms with Gasteiger partial charge in [-0.25, -0.2) is 23.1 Å². The van der Waals surface area contributed by atoms with Crippen LogP contribution in [0.25, 0.3) is 0 Å². The number of rotatable bonds is 5. The quantitative estimate of drug-likeness (QED) is 0.850. The van der Waals surface area contributed by atoms with Crippen molar-refractivity contribution >= 4 is 21.4 Å². The van der Waals surface area contributed by atoms with E-state index in [1.807, 2.05) is 6.92 Å². The predicted molar refractivity (Wildman–Crippen MR) is 73.0 cm³/mol. The molecule has 2 aromatic rings. The zero-order chi connectivity index (χ0) is 13.9. The van der Waals surface area contributed by atoms with Crippen molar-refractivity contribution in [1.29, 1.82) is 0 Å². The summed E-state index contributed by atoms with van der Waals surface area (Å²) in [4.78, 5) is 9.03. The second kappa shape index (κ2) is 5.74. The number of nitrogens with one attached hydrogen (secondary N) is 1. The van der Waals surface area contributed by atoms with Gasteiger partial charge in [-0.05, 0) is 18.6 Å². The van der Waals surface area contributed by atoms with Crippen molar-refractivity contribution in [2.75, 3.05) is 0 Å². The van der Waals surface area contributed by atoms with Crippen molar-refractivity contribution in [3.63, 3.8) is 0 Å². The van der Waals surface area contributed by atoms with E-state index in [0.29, 0.717) is 6.54 Å². The van der Waals surface area contributed by atoms with E-state index >= 15 is 0 Å². The van der Waals surface area contributed by atoms with Gasteiger partial charge in [-0.15, -0.1) is 11.3 Å². The van der Waals surface area contributed by atoms with E-state index in [-0.39, 0.29) is 11.6 Å². The molecular formula is C11H14N4O2S2. The van der Waals surface area contributed by atoms with Crippen LogP contribution in [0.2, 0.25) is 0 Å². The van der Waals surface area contributed by atoms with Gasteiger partial charge in [0.05, 0.1) is 6.54 Å². The van der Waals surface area contributed by atoms with Crippen LogP contribution >= 0.6 is 11.3 Å². The summed E-state index contributed by atoms with van der Waals surface area (Å²) >= 11 is 1.45. The number of sulfonamides is 1. The molecule has 0 spiro atoms. The van der Waals surface area contributed by atoms with Gasteiger partial charge < -0.3 is 5.73 Å². The Morgan fingerprint density at radius 1 is 1.32 bits per heavy atom. The smallest absolute Gasteiger partial charge is 0.258 e. The molecule has 2 aromatic heterocycles. The maximum absolute atomic E-state index is 12.0. The normalized spacial score (nSPS) is 11.7. The van der Waals surface area contributed by atoms with Gasteiger partial charge in [-0.3, -0.25) is 0 Å². The molecule has 0 atom stereocenters. The molecule has 102 valence electrons. The van der Waals surface area contributed by atoms with Gasteiger partial charge in [-0.1, -0.05) is 6.07 Å². The van der Waals surface area contributed by atoms with Crippen LogP contribution in [0.1, 0.15) is 15.4 Å². The van der Waals surface area contributed by atoms with Gasteiger partial charge in [0.15, 0.2) is 5.03 Å². The van der Waals surface area contributed by atoms with Crippen LogP contribution in [0.5, 0.6) is 0 Å². The fourth-order valence-corrected chi connectivity index (χ4v) is 3.14. The Hall–Kier alpha value is -1.35. The lowest BCUT2D eigenvalue weighted by Crippen LogP contribution is -2.24. The van der Waals surface area contributed by atoms with Gasteiger partial charge in [0.2, 0.25) is 0 Å². The fraction of sp³-hybridized carbons (Fsp3) is 0.273. The number of hydrogen-bond acceptors (Lipinski definition) is 6. The van der Waals surface area contributed by atoms with Crippen LogP contribution in [-0.4, -0.2) is 18.4 Å². The highest BCUT2D eigenvalue weighted by atomic mass is 32.2. The first-order valence-electron chi connectivity index (χ1n) is 5.57. The van der Waals surface area contributed by atoms with E-state index in [1.54, 1.807) is 12.3 Å². The molecule has 0 radical (unpaired) electrons. The van der Waals surface area contributed by atoms with Crippen LogP contribution in [0.15, 0.2) is 29.6 Å². The summed E-state index contributed by atoms with van der Waals surface area (Å²) < 4.78 is 26.4. The van der Waals surface area contributed by atoms with Crippen molar-refractivity contribution in [1.82, 2.24) is 14.7 Å². The van der Waals surface area contributed by atoms with E-state index in [0.717, 1.165) is 15.4 Å². The van der Waals surface area contributed by atoms with Crippen molar-refractivity contribution in [2.24, 2.45) is 5.73 Å². The van der Waals surface area contributed by atoms with Crippen LogP contribution < -0.4 is 10.5 Å². The monoisotopic (exact) mass is 298 g/mol. The Morgan fingerprint density at radius 3 is 2.63 bits per heavy atom. The van der Waals surface area contributed by atoms with Crippen LogP contribution in [0.3, 0.4) is 0 Å². The Morgan fingerprint density at radius 2 is 2.11 bits per heavy atom. The minimum absolute atomic E-state index is 0.0158. The molecule has 0 fully saturated rings. The molecule has 19 heavy (non-hydrogen) atoms. The third-order valence-electron chi connectivity index (χ3n) is 2.39. The predicted octanol–water partition coefficient (Wildman–Crippen LogP) is 0.784. The number of hydrogen-bond donors (Lipinski definition) is 2. The first-order valence-corrected chi connectivity index (χ1v) is 7.87. The Bertz CT molecular complexity index is 650. The summed E-state index contributed by atoms with van der Waals surface area (Å²) in [6.45, 7) is 2.42. The summed E-state index contributed by atoms with van der Waals surface area (Å²) in [6, 6.07) is 3.09. The molecule has 8 heteroatoms.